The molecule has 2 heterocycles. The maximum absolute atomic E-state index is 14.2. The van der Waals surface area contributed by atoms with Gasteiger partial charge in [-0.15, -0.1) is 0 Å². The van der Waals surface area contributed by atoms with Crippen LogP contribution in [0.2, 0.25) is 0 Å². The van der Waals surface area contributed by atoms with Gasteiger partial charge in [0.15, 0.2) is 0 Å². The molecule has 1 aliphatic carbocycles. The highest BCUT2D eigenvalue weighted by atomic mass is 127. The fourth-order valence-corrected chi connectivity index (χ4v) is 4.35. The lowest BCUT2D eigenvalue weighted by molar-refractivity contribution is 0.0543. The molecule has 0 fully saturated rings. The lowest BCUT2D eigenvalue weighted by Crippen LogP contribution is -2.49. The van der Waals surface area contributed by atoms with Crippen molar-refractivity contribution in [2.45, 2.75) is 25.0 Å². The molecule has 1 aliphatic heterocycles. The number of likely N-dealkylation sites (N-methyl/N-ethyl adjacent to an activating group) is 1. The van der Waals surface area contributed by atoms with Crippen molar-refractivity contribution in [1.29, 1.82) is 0 Å². The maximum atomic E-state index is 14.2. The van der Waals surface area contributed by atoms with Crippen LogP contribution in [-0.2, 0) is 6.42 Å². The Morgan fingerprint density at radius 3 is 3.00 bits per heavy atom. The Kier molecular flexibility index (Phi) is 3.44. The van der Waals surface area contributed by atoms with Crippen LogP contribution < -0.4 is 0 Å². The molecule has 2 aliphatic rings. The maximum Gasteiger partial charge on any atom is 0.204 e. The molecule has 1 aromatic heterocycles. The van der Waals surface area contributed by atoms with E-state index < -0.39 is 5.60 Å². The topological polar surface area (TPSA) is 28.4 Å². The highest BCUT2D eigenvalue weighted by molar-refractivity contribution is 14.1. The summed E-state index contributed by atoms with van der Waals surface area (Å²) in [5, 5.41) is 11.6. The highest BCUT2D eigenvalue weighted by Crippen LogP contribution is 2.42. The fraction of sp³-hybridized carbons (Fsp3) is 0.333. The van der Waals surface area contributed by atoms with E-state index >= 15 is 0 Å². The van der Waals surface area contributed by atoms with Gasteiger partial charge in [0.2, 0.25) is 5.95 Å². The van der Waals surface area contributed by atoms with Gasteiger partial charge in [-0.2, -0.15) is 4.39 Å². The molecule has 0 amide bonds. The minimum absolute atomic E-state index is 0.232. The molecule has 23 heavy (non-hydrogen) atoms. The van der Waals surface area contributed by atoms with Crippen LogP contribution in [0.3, 0.4) is 0 Å². The predicted octanol–water partition coefficient (Wildman–Crippen LogP) is 3.81. The third-order valence-corrected chi connectivity index (χ3v) is 5.39. The van der Waals surface area contributed by atoms with E-state index in [4.69, 9.17) is 0 Å². The van der Waals surface area contributed by atoms with Crippen LogP contribution in [-0.4, -0.2) is 39.8 Å². The molecule has 120 valence electrons. The predicted molar refractivity (Wildman–Crippen MR) is 100 cm³/mol. The zero-order valence-electron chi connectivity index (χ0n) is 13.1. The van der Waals surface area contributed by atoms with Crippen LogP contribution in [0, 0.1) is 0 Å². The minimum atomic E-state index is -0.837. The van der Waals surface area contributed by atoms with E-state index in [0.717, 1.165) is 28.5 Å². The van der Waals surface area contributed by atoms with Crippen LogP contribution in [0.15, 0.2) is 34.6 Å². The van der Waals surface area contributed by atoms with Crippen LogP contribution in [0.1, 0.15) is 18.1 Å². The molecule has 0 radical (unpaired) electrons. The zero-order chi connectivity index (χ0) is 16.4. The van der Waals surface area contributed by atoms with Gasteiger partial charge in [-0.05, 0) is 71.8 Å². The molecular weight excluding hydrogens is 406 g/mol. The molecule has 0 spiro atoms. The Bertz CT molecular complexity index is 865. The number of rotatable bonds is 1. The molecule has 0 bridgehead atoms. The molecule has 1 N–H and O–H groups in total. The van der Waals surface area contributed by atoms with E-state index in [1.807, 2.05) is 61.0 Å². The molecule has 2 atom stereocenters. The summed E-state index contributed by atoms with van der Waals surface area (Å²) in [4.78, 5) is 2.19. The summed E-state index contributed by atoms with van der Waals surface area (Å²) >= 11 is 1.93. The van der Waals surface area contributed by atoms with E-state index in [1.54, 1.807) is 4.57 Å². The number of aliphatic hydroxyl groups is 1. The quantitative estimate of drug-likeness (QED) is 0.706. The molecule has 1 aromatic carbocycles. The number of hydrogen-bond acceptors (Lipinski definition) is 2. The molecule has 2 aromatic rings. The first kappa shape index (κ1) is 15.4. The molecule has 5 heteroatoms. The monoisotopic (exact) mass is 424 g/mol. The lowest BCUT2D eigenvalue weighted by Gasteiger charge is -2.42. The number of benzene rings is 1. The molecular formula is C18H18FIN2O. The molecule has 0 saturated carbocycles. The Hall–Kier alpha value is -1.18. The Morgan fingerprint density at radius 1 is 1.48 bits per heavy atom. The number of halogens is 2. The first-order valence-electron chi connectivity index (χ1n) is 7.66. The number of hydrogen-bond donors (Lipinski definition) is 1. The van der Waals surface area contributed by atoms with Gasteiger partial charge in [0.25, 0.3) is 0 Å². The second-order valence-electron chi connectivity index (χ2n) is 6.75. The summed E-state index contributed by atoms with van der Waals surface area (Å²) < 4.78 is 17.3. The van der Waals surface area contributed by atoms with Crippen molar-refractivity contribution in [3.63, 3.8) is 0 Å². The normalized spacial score (nSPS) is 28.0. The molecule has 0 unspecified atom stereocenters. The highest BCUT2D eigenvalue weighted by Gasteiger charge is 2.37. The minimum Gasteiger partial charge on any atom is -0.385 e. The summed E-state index contributed by atoms with van der Waals surface area (Å²) in [6.45, 7) is 2.45. The Labute approximate surface area is 148 Å². The number of nitrogens with zero attached hydrogens (tertiary/aromatic N) is 2. The van der Waals surface area contributed by atoms with Crippen molar-refractivity contribution in [3.8, 4) is 0 Å². The summed E-state index contributed by atoms with van der Waals surface area (Å²) in [7, 11) is 2.04. The van der Waals surface area contributed by atoms with Crippen LogP contribution in [0.5, 0.6) is 0 Å². The SMILES string of the molecule is CN1C[C@@](C)(O)C=C2c3cccc4c3c(cn4C(F)=CI)C[C@H]21. The van der Waals surface area contributed by atoms with E-state index in [1.165, 1.54) is 9.65 Å². The van der Waals surface area contributed by atoms with Gasteiger partial charge < -0.3 is 5.11 Å². The first-order valence-corrected chi connectivity index (χ1v) is 8.91. The van der Waals surface area contributed by atoms with E-state index in [9.17, 15) is 9.50 Å². The van der Waals surface area contributed by atoms with Crippen LogP contribution in [0.25, 0.3) is 22.4 Å². The van der Waals surface area contributed by atoms with Gasteiger partial charge in [0.05, 0.1) is 11.1 Å². The van der Waals surface area contributed by atoms with E-state index in [-0.39, 0.29) is 12.0 Å². The fourth-order valence-electron chi connectivity index (χ4n) is 4.05. The summed E-state index contributed by atoms with van der Waals surface area (Å²) in [6.07, 6.45) is 4.74. The molecule has 0 saturated heterocycles. The van der Waals surface area contributed by atoms with Gasteiger partial charge in [-0.3, -0.25) is 9.47 Å². The number of fused-ring (bicyclic) bond motifs is 2. The lowest BCUT2D eigenvalue weighted by atomic mass is 9.79. The summed E-state index contributed by atoms with van der Waals surface area (Å²) in [6, 6.07) is 6.23. The average Bonchev–Trinajstić information content (AvgIpc) is 2.87. The third kappa shape index (κ3) is 2.28. The first-order chi connectivity index (χ1) is 10.9. The second-order valence-corrected chi connectivity index (χ2v) is 7.37. The Balaban J connectivity index is 2.02. The van der Waals surface area contributed by atoms with Crippen molar-refractivity contribution in [2.24, 2.45) is 0 Å². The molecule has 3 nitrogen and oxygen atoms in total. The largest absolute Gasteiger partial charge is 0.385 e. The third-order valence-electron chi connectivity index (χ3n) is 4.88. The van der Waals surface area contributed by atoms with Crippen LogP contribution in [0.4, 0.5) is 4.39 Å². The van der Waals surface area contributed by atoms with Gasteiger partial charge >= 0.3 is 0 Å². The van der Waals surface area contributed by atoms with Crippen molar-refractivity contribution >= 4 is 45.0 Å². The molecule has 4 rings (SSSR count). The smallest absolute Gasteiger partial charge is 0.204 e. The Morgan fingerprint density at radius 2 is 2.26 bits per heavy atom. The van der Waals surface area contributed by atoms with E-state index in [0.29, 0.717) is 6.54 Å². The number of aromatic nitrogens is 1. The van der Waals surface area contributed by atoms with Crippen molar-refractivity contribution in [1.82, 2.24) is 9.47 Å². The van der Waals surface area contributed by atoms with Crippen molar-refractivity contribution in [3.05, 3.63) is 45.7 Å². The second kappa shape index (κ2) is 5.16. The van der Waals surface area contributed by atoms with Crippen LogP contribution >= 0.6 is 22.6 Å². The van der Waals surface area contributed by atoms with Gasteiger partial charge in [0, 0.05) is 28.3 Å². The van der Waals surface area contributed by atoms with Gasteiger partial charge in [0.1, 0.15) is 0 Å². The average molecular weight is 424 g/mol. The summed E-state index contributed by atoms with van der Waals surface area (Å²) in [5.41, 5.74) is 3.48. The standard InChI is InChI=1S/C18H18FIN2O/c1-18(23)7-13-12-4-3-5-14-17(12)11(6-15(13)21(2)10-18)9-22(14)16(19)8-20/h3-5,7-9,15,23H,6,10H2,1-2H3/t15-,18+/m1/s1. The summed E-state index contributed by atoms with van der Waals surface area (Å²) in [5.74, 6) is -0.266. The van der Waals surface area contributed by atoms with Crippen molar-refractivity contribution < 1.29 is 9.50 Å². The zero-order valence-corrected chi connectivity index (χ0v) is 15.2. The van der Waals surface area contributed by atoms with Gasteiger partial charge in [-0.25, -0.2) is 0 Å². The van der Waals surface area contributed by atoms with Crippen molar-refractivity contribution in [2.75, 3.05) is 13.6 Å². The van der Waals surface area contributed by atoms with E-state index in [2.05, 4.69) is 11.0 Å². The number of β-amino-alcohol motifs (C(OH)–C–C–N with tert-alkyl or cyclic N) is 1. The van der Waals surface area contributed by atoms with Gasteiger partial charge in [-0.1, -0.05) is 12.1 Å².